The zero-order chi connectivity index (χ0) is 10.8. The minimum atomic E-state index is -0.331. The van der Waals surface area contributed by atoms with E-state index in [1.807, 2.05) is 32.2 Å². The molecular formula is C11H15N3O. The van der Waals surface area contributed by atoms with Crippen LogP contribution in [0.3, 0.4) is 0 Å². The van der Waals surface area contributed by atoms with Crippen molar-refractivity contribution < 1.29 is 5.11 Å². The molecule has 2 unspecified atom stereocenters. The molecule has 0 saturated carbocycles. The van der Waals surface area contributed by atoms with Crippen LogP contribution in [-0.2, 0) is 0 Å². The highest BCUT2D eigenvalue weighted by molar-refractivity contribution is 5.36. The van der Waals surface area contributed by atoms with Crippen LogP contribution in [0.25, 0.3) is 5.65 Å². The Balaban J connectivity index is 2.35. The van der Waals surface area contributed by atoms with E-state index in [4.69, 9.17) is 0 Å². The number of aliphatic hydroxyl groups excluding tert-OH is 1. The molecule has 2 aromatic heterocycles. The van der Waals surface area contributed by atoms with Gasteiger partial charge in [-0.3, -0.25) is 0 Å². The van der Waals surface area contributed by atoms with Crippen molar-refractivity contribution in [2.45, 2.75) is 32.3 Å². The third-order valence-electron chi connectivity index (χ3n) is 2.74. The normalized spacial score (nSPS) is 15.4. The topological polar surface area (TPSA) is 50.4 Å². The van der Waals surface area contributed by atoms with Gasteiger partial charge < -0.3 is 5.11 Å². The standard InChI is InChI=1S/C11H15N3O/c1-3-10(15)8(2)9-5-7-14-11(13-9)4-6-12-14/h4-8,10,15H,3H2,1-2H3. The Morgan fingerprint density at radius 3 is 3.00 bits per heavy atom. The van der Waals surface area contributed by atoms with Gasteiger partial charge in [0.05, 0.1) is 12.3 Å². The number of aliphatic hydroxyl groups is 1. The molecule has 0 amide bonds. The Kier molecular flexibility index (Phi) is 2.68. The van der Waals surface area contributed by atoms with Crippen LogP contribution in [0.1, 0.15) is 31.9 Å². The van der Waals surface area contributed by atoms with Crippen LogP contribution in [0.2, 0.25) is 0 Å². The van der Waals surface area contributed by atoms with Crippen molar-refractivity contribution in [2.75, 3.05) is 0 Å². The lowest BCUT2D eigenvalue weighted by atomic mass is 9.99. The molecular weight excluding hydrogens is 190 g/mol. The molecule has 0 aliphatic heterocycles. The second kappa shape index (κ2) is 3.98. The zero-order valence-electron chi connectivity index (χ0n) is 8.96. The summed E-state index contributed by atoms with van der Waals surface area (Å²) in [7, 11) is 0. The quantitative estimate of drug-likeness (QED) is 0.828. The van der Waals surface area contributed by atoms with Crippen LogP contribution in [0.4, 0.5) is 0 Å². The second-order valence-electron chi connectivity index (χ2n) is 3.75. The highest BCUT2D eigenvalue weighted by atomic mass is 16.3. The first-order valence-corrected chi connectivity index (χ1v) is 5.20. The van der Waals surface area contributed by atoms with Crippen molar-refractivity contribution >= 4 is 5.65 Å². The van der Waals surface area contributed by atoms with Gasteiger partial charge in [-0.2, -0.15) is 5.10 Å². The van der Waals surface area contributed by atoms with E-state index in [-0.39, 0.29) is 12.0 Å². The summed E-state index contributed by atoms with van der Waals surface area (Å²) in [4.78, 5) is 4.44. The van der Waals surface area contributed by atoms with Crippen LogP contribution in [0, 0.1) is 0 Å². The number of hydrogen-bond donors (Lipinski definition) is 1. The molecule has 2 heterocycles. The summed E-state index contributed by atoms with van der Waals surface area (Å²) in [5.74, 6) is 0.0647. The summed E-state index contributed by atoms with van der Waals surface area (Å²) in [5.41, 5.74) is 1.74. The third kappa shape index (κ3) is 1.85. The van der Waals surface area contributed by atoms with Gasteiger partial charge in [0.1, 0.15) is 0 Å². The van der Waals surface area contributed by atoms with Crippen LogP contribution in [-0.4, -0.2) is 25.8 Å². The van der Waals surface area contributed by atoms with Gasteiger partial charge in [-0.1, -0.05) is 13.8 Å². The van der Waals surface area contributed by atoms with Crippen LogP contribution in [0.5, 0.6) is 0 Å². The fourth-order valence-corrected chi connectivity index (χ4v) is 1.63. The molecule has 0 radical (unpaired) electrons. The van der Waals surface area contributed by atoms with E-state index in [9.17, 15) is 5.11 Å². The van der Waals surface area contributed by atoms with E-state index in [0.29, 0.717) is 0 Å². The number of aromatic nitrogens is 3. The fourth-order valence-electron chi connectivity index (χ4n) is 1.63. The van der Waals surface area contributed by atoms with Gasteiger partial charge >= 0.3 is 0 Å². The maximum Gasteiger partial charge on any atom is 0.155 e. The first kappa shape index (κ1) is 10.1. The first-order valence-electron chi connectivity index (χ1n) is 5.20. The predicted molar refractivity (Wildman–Crippen MR) is 57.7 cm³/mol. The van der Waals surface area contributed by atoms with Crippen molar-refractivity contribution in [1.29, 1.82) is 0 Å². The van der Waals surface area contributed by atoms with E-state index >= 15 is 0 Å². The molecule has 2 rings (SSSR count). The SMILES string of the molecule is CCC(O)C(C)c1ccn2nccc2n1. The second-order valence-corrected chi connectivity index (χ2v) is 3.75. The molecule has 0 spiro atoms. The summed E-state index contributed by atoms with van der Waals surface area (Å²) in [6, 6.07) is 3.76. The molecule has 4 nitrogen and oxygen atoms in total. The Labute approximate surface area is 88.6 Å². The van der Waals surface area contributed by atoms with E-state index in [2.05, 4.69) is 10.1 Å². The van der Waals surface area contributed by atoms with Crippen molar-refractivity contribution in [3.05, 3.63) is 30.2 Å². The van der Waals surface area contributed by atoms with Crippen molar-refractivity contribution in [2.24, 2.45) is 0 Å². The van der Waals surface area contributed by atoms with E-state index in [0.717, 1.165) is 17.8 Å². The van der Waals surface area contributed by atoms with Gasteiger partial charge in [0.2, 0.25) is 0 Å². The van der Waals surface area contributed by atoms with E-state index in [1.54, 1.807) is 10.7 Å². The molecule has 2 atom stereocenters. The van der Waals surface area contributed by atoms with Gasteiger partial charge in [-0.25, -0.2) is 9.50 Å². The molecule has 0 saturated heterocycles. The van der Waals surface area contributed by atoms with E-state index in [1.165, 1.54) is 0 Å². The lowest BCUT2D eigenvalue weighted by molar-refractivity contribution is 0.143. The molecule has 1 N–H and O–H groups in total. The molecule has 4 heteroatoms. The zero-order valence-corrected chi connectivity index (χ0v) is 8.96. The van der Waals surface area contributed by atoms with E-state index < -0.39 is 0 Å². The van der Waals surface area contributed by atoms with Gasteiger partial charge in [-0.15, -0.1) is 0 Å². The Morgan fingerprint density at radius 2 is 2.27 bits per heavy atom. The van der Waals surface area contributed by atoms with Crippen LogP contribution in [0.15, 0.2) is 24.5 Å². The highest BCUT2D eigenvalue weighted by Crippen LogP contribution is 2.19. The minimum Gasteiger partial charge on any atom is -0.392 e. The van der Waals surface area contributed by atoms with Gasteiger partial charge in [-0.05, 0) is 12.5 Å². The van der Waals surface area contributed by atoms with Crippen LogP contribution >= 0.6 is 0 Å². The fraction of sp³-hybridized carbons (Fsp3) is 0.455. The maximum absolute atomic E-state index is 9.74. The molecule has 15 heavy (non-hydrogen) atoms. The molecule has 0 aliphatic rings. The molecule has 80 valence electrons. The lowest BCUT2D eigenvalue weighted by Crippen LogP contribution is -2.15. The number of hydrogen-bond acceptors (Lipinski definition) is 3. The molecule has 0 fully saturated rings. The first-order chi connectivity index (χ1) is 7.22. The maximum atomic E-state index is 9.74. The molecule has 0 aromatic carbocycles. The lowest BCUT2D eigenvalue weighted by Gasteiger charge is -2.16. The number of nitrogens with zero attached hydrogens (tertiary/aromatic N) is 3. The molecule has 0 aliphatic carbocycles. The average Bonchev–Trinajstić information content (AvgIpc) is 2.73. The Morgan fingerprint density at radius 1 is 1.47 bits per heavy atom. The smallest absolute Gasteiger partial charge is 0.155 e. The summed E-state index contributed by atoms with van der Waals surface area (Å²) >= 11 is 0. The van der Waals surface area contributed by atoms with Crippen molar-refractivity contribution in [3.8, 4) is 0 Å². The Bertz CT molecular complexity index is 452. The predicted octanol–water partition coefficient (Wildman–Crippen LogP) is 1.60. The van der Waals surface area contributed by atoms with Gasteiger partial charge in [0.15, 0.2) is 5.65 Å². The number of fused-ring (bicyclic) bond motifs is 1. The summed E-state index contributed by atoms with van der Waals surface area (Å²) in [6.45, 7) is 3.96. The summed E-state index contributed by atoms with van der Waals surface area (Å²) in [5, 5.41) is 13.8. The number of rotatable bonds is 3. The average molecular weight is 205 g/mol. The highest BCUT2D eigenvalue weighted by Gasteiger charge is 2.15. The van der Waals surface area contributed by atoms with Crippen molar-refractivity contribution in [3.63, 3.8) is 0 Å². The summed E-state index contributed by atoms with van der Waals surface area (Å²) < 4.78 is 1.72. The van der Waals surface area contributed by atoms with Crippen molar-refractivity contribution in [1.82, 2.24) is 14.6 Å². The van der Waals surface area contributed by atoms with Crippen LogP contribution < -0.4 is 0 Å². The largest absolute Gasteiger partial charge is 0.392 e. The molecule has 0 bridgehead atoms. The van der Waals surface area contributed by atoms with Gasteiger partial charge in [0.25, 0.3) is 0 Å². The van der Waals surface area contributed by atoms with Gasteiger partial charge in [0, 0.05) is 23.9 Å². The third-order valence-corrected chi connectivity index (χ3v) is 2.74. The summed E-state index contributed by atoms with van der Waals surface area (Å²) in [6.07, 6.45) is 4.00. The molecule has 2 aromatic rings. The monoisotopic (exact) mass is 205 g/mol. The minimum absolute atomic E-state index is 0.0647. The Hall–Kier alpha value is -1.42.